The standard InChI is InChI=1S/C23H23N5O3/c24-12-16-4-6-18(7-5-16)20-14-27-28(23(20)30)21-9-8-19(13-26-21)22(29)25-10-1-11-31-15-17-2-3-17/h4-9,13-14,17,27H,1-3,10-11,15H2,(H,25,29). The number of nitrogens with one attached hydrogen (secondary N) is 2. The van der Waals surface area contributed by atoms with E-state index in [4.69, 9.17) is 10.00 Å². The van der Waals surface area contributed by atoms with Crippen LogP contribution in [-0.2, 0) is 4.74 Å². The van der Waals surface area contributed by atoms with Gasteiger partial charge in [-0.15, -0.1) is 0 Å². The lowest BCUT2D eigenvalue weighted by molar-refractivity contribution is 0.0937. The Morgan fingerprint density at radius 1 is 1.26 bits per heavy atom. The summed E-state index contributed by atoms with van der Waals surface area (Å²) in [5.41, 5.74) is 1.87. The van der Waals surface area contributed by atoms with E-state index in [1.807, 2.05) is 0 Å². The summed E-state index contributed by atoms with van der Waals surface area (Å²) in [4.78, 5) is 29.3. The third-order valence-electron chi connectivity index (χ3n) is 5.14. The van der Waals surface area contributed by atoms with E-state index < -0.39 is 0 Å². The minimum absolute atomic E-state index is 0.210. The number of pyridine rings is 1. The second-order valence-corrected chi connectivity index (χ2v) is 7.55. The molecule has 2 N–H and O–H groups in total. The van der Waals surface area contributed by atoms with Crippen molar-refractivity contribution in [3.8, 4) is 23.0 Å². The van der Waals surface area contributed by atoms with E-state index in [0.29, 0.717) is 41.2 Å². The molecular weight excluding hydrogens is 394 g/mol. The van der Waals surface area contributed by atoms with Crippen LogP contribution in [0.2, 0.25) is 0 Å². The van der Waals surface area contributed by atoms with Gasteiger partial charge in [-0.05, 0) is 55.0 Å². The van der Waals surface area contributed by atoms with Crippen LogP contribution >= 0.6 is 0 Å². The monoisotopic (exact) mass is 417 g/mol. The predicted molar refractivity (Wildman–Crippen MR) is 115 cm³/mol. The lowest BCUT2D eigenvalue weighted by atomic mass is 10.1. The van der Waals surface area contributed by atoms with Crippen molar-refractivity contribution < 1.29 is 9.53 Å². The molecule has 4 rings (SSSR count). The van der Waals surface area contributed by atoms with E-state index in [0.717, 1.165) is 18.9 Å². The quantitative estimate of drug-likeness (QED) is 0.520. The molecule has 3 aromatic rings. The number of benzene rings is 1. The van der Waals surface area contributed by atoms with Crippen LogP contribution in [0.4, 0.5) is 0 Å². The van der Waals surface area contributed by atoms with Crippen molar-refractivity contribution in [3.63, 3.8) is 0 Å². The summed E-state index contributed by atoms with van der Waals surface area (Å²) in [6, 6.07) is 12.1. The molecule has 0 aliphatic heterocycles. The van der Waals surface area contributed by atoms with E-state index >= 15 is 0 Å². The fourth-order valence-electron chi connectivity index (χ4n) is 3.14. The van der Waals surface area contributed by atoms with Gasteiger partial charge >= 0.3 is 0 Å². The van der Waals surface area contributed by atoms with Gasteiger partial charge in [-0.3, -0.25) is 14.7 Å². The molecule has 1 aliphatic carbocycles. The predicted octanol–water partition coefficient (Wildman–Crippen LogP) is 2.65. The molecule has 1 aromatic carbocycles. The Morgan fingerprint density at radius 3 is 2.74 bits per heavy atom. The molecule has 0 saturated heterocycles. The molecule has 0 atom stereocenters. The maximum Gasteiger partial charge on any atom is 0.280 e. The van der Waals surface area contributed by atoms with Gasteiger partial charge in [-0.1, -0.05) is 12.1 Å². The molecule has 8 nitrogen and oxygen atoms in total. The number of nitriles is 1. The molecule has 0 bridgehead atoms. The molecule has 0 spiro atoms. The molecule has 1 aliphatic rings. The number of carbonyl (C=O) groups excluding carboxylic acids is 1. The molecule has 1 amide bonds. The first-order chi connectivity index (χ1) is 15.2. The van der Waals surface area contributed by atoms with Crippen molar-refractivity contribution in [1.29, 1.82) is 5.26 Å². The molecule has 31 heavy (non-hydrogen) atoms. The Kier molecular flexibility index (Phi) is 6.24. The molecule has 1 fully saturated rings. The number of nitrogens with zero attached hydrogens (tertiary/aromatic N) is 3. The normalized spacial score (nSPS) is 13.0. The summed E-state index contributed by atoms with van der Waals surface area (Å²) in [6.45, 7) is 2.00. The first kappa shape index (κ1) is 20.6. The number of ether oxygens (including phenoxy) is 1. The van der Waals surface area contributed by atoms with Crippen molar-refractivity contribution in [2.45, 2.75) is 19.3 Å². The molecule has 2 heterocycles. The fourth-order valence-corrected chi connectivity index (χ4v) is 3.14. The van der Waals surface area contributed by atoms with Crippen LogP contribution in [0.15, 0.2) is 53.6 Å². The largest absolute Gasteiger partial charge is 0.381 e. The van der Waals surface area contributed by atoms with Crippen LogP contribution in [0.1, 0.15) is 35.2 Å². The van der Waals surface area contributed by atoms with Crippen LogP contribution in [0, 0.1) is 17.2 Å². The lowest BCUT2D eigenvalue weighted by Gasteiger charge is -2.07. The van der Waals surface area contributed by atoms with Crippen molar-refractivity contribution in [2.24, 2.45) is 5.92 Å². The van der Waals surface area contributed by atoms with Crippen LogP contribution in [0.5, 0.6) is 0 Å². The summed E-state index contributed by atoms with van der Waals surface area (Å²) < 4.78 is 6.86. The van der Waals surface area contributed by atoms with Gasteiger partial charge in [0.1, 0.15) is 0 Å². The third kappa shape index (κ3) is 5.08. The smallest absolute Gasteiger partial charge is 0.280 e. The van der Waals surface area contributed by atoms with Crippen molar-refractivity contribution in [1.82, 2.24) is 20.1 Å². The number of H-pyrrole nitrogens is 1. The summed E-state index contributed by atoms with van der Waals surface area (Å²) in [6.07, 6.45) is 6.34. The second-order valence-electron chi connectivity index (χ2n) is 7.55. The summed E-state index contributed by atoms with van der Waals surface area (Å²) in [5, 5.41) is 14.7. The second kappa shape index (κ2) is 9.41. The Bertz CT molecular complexity index is 1140. The lowest BCUT2D eigenvalue weighted by Crippen LogP contribution is -2.25. The number of aromatic nitrogens is 3. The Balaban J connectivity index is 1.35. The topological polar surface area (TPSA) is 113 Å². The summed E-state index contributed by atoms with van der Waals surface area (Å²) in [5.74, 6) is 0.916. The summed E-state index contributed by atoms with van der Waals surface area (Å²) >= 11 is 0. The van der Waals surface area contributed by atoms with Gasteiger partial charge in [-0.25, -0.2) is 9.67 Å². The van der Waals surface area contributed by atoms with E-state index in [2.05, 4.69) is 21.5 Å². The highest BCUT2D eigenvalue weighted by atomic mass is 16.5. The van der Waals surface area contributed by atoms with E-state index in [-0.39, 0.29) is 11.5 Å². The molecule has 158 valence electrons. The Hall–Kier alpha value is -3.70. The highest BCUT2D eigenvalue weighted by molar-refractivity contribution is 5.93. The van der Waals surface area contributed by atoms with Crippen molar-refractivity contribution in [2.75, 3.05) is 19.8 Å². The van der Waals surface area contributed by atoms with E-state index in [1.165, 1.54) is 23.7 Å². The zero-order valence-electron chi connectivity index (χ0n) is 17.0. The maximum atomic E-state index is 12.8. The number of rotatable bonds is 9. The zero-order valence-corrected chi connectivity index (χ0v) is 17.0. The van der Waals surface area contributed by atoms with Gasteiger partial charge in [0, 0.05) is 32.2 Å². The van der Waals surface area contributed by atoms with Gasteiger partial charge < -0.3 is 10.1 Å². The molecule has 8 heteroatoms. The molecule has 0 radical (unpaired) electrons. The van der Waals surface area contributed by atoms with Gasteiger partial charge in [0.05, 0.1) is 22.8 Å². The average molecular weight is 417 g/mol. The number of amides is 1. The van der Waals surface area contributed by atoms with Gasteiger partial charge in [-0.2, -0.15) is 5.26 Å². The van der Waals surface area contributed by atoms with Crippen molar-refractivity contribution in [3.05, 3.63) is 70.3 Å². The first-order valence-corrected chi connectivity index (χ1v) is 10.3. The number of hydrogen-bond donors (Lipinski definition) is 2. The average Bonchev–Trinajstić information content (AvgIpc) is 3.56. The van der Waals surface area contributed by atoms with E-state index in [1.54, 1.807) is 42.6 Å². The number of carbonyl (C=O) groups is 1. The van der Waals surface area contributed by atoms with Crippen LogP contribution in [-0.4, -0.2) is 40.4 Å². The van der Waals surface area contributed by atoms with Gasteiger partial charge in [0.2, 0.25) is 0 Å². The Labute approximate surface area is 179 Å². The molecule has 1 saturated carbocycles. The number of hydrogen-bond acceptors (Lipinski definition) is 5. The summed E-state index contributed by atoms with van der Waals surface area (Å²) in [7, 11) is 0. The van der Waals surface area contributed by atoms with Crippen LogP contribution < -0.4 is 10.9 Å². The molecular formula is C23H23N5O3. The highest BCUT2D eigenvalue weighted by Gasteiger charge is 2.20. The SMILES string of the molecule is N#Cc1ccc(-c2c[nH]n(-c3ccc(C(=O)NCCCOCC4CC4)cn3)c2=O)cc1. The maximum absolute atomic E-state index is 12.8. The number of aromatic amines is 1. The van der Waals surface area contributed by atoms with Gasteiger partial charge in [0.25, 0.3) is 11.5 Å². The van der Waals surface area contributed by atoms with E-state index in [9.17, 15) is 9.59 Å². The van der Waals surface area contributed by atoms with Crippen LogP contribution in [0.25, 0.3) is 16.9 Å². The fraction of sp³-hybridized carbons (Fsp3) is 0.304. The first-order valence-electron chi connectivity index (χ1n) is 10.3. The molecule has 2 aromatic heterocycles. The van der Waals surface area contributed by atoms with Crippen molar-refractivity contribution >= 4 is 5.91 Å². The highest BCUT2D eigenvalue weighted by Crippen LogP contribution is 2.28. The minimum Gasteiger partial charge on any atom is -0.381 e. The minimum atomic E-state index is -0.263. The van der Waals surface area contributed by atoms with Crippen LogP contribution in [0.3, 0.4) is 0 Å². The van der Waals surface area contributed by atoms with Gasteiger partial charge in [0.15, 0.2) is 5.82 Å². The Morgan fingerprint density at radius 2 is 2.06 bits per heavy atom. The molecule has 0 unspecified atom stereocenters. The third-order valence-corrected chi connectivity index (χ3v) is 5.14. The zero-order chi connectivity index (χ0) is 21.6.